The van der Waals surface area contributed by atoms with Crippen LogP contribution < -0.4 is 15.6 Å². The van der Waals surface area contributed by atoms with Crippen molar-refractivity contribution in [1.29, 1.82) is 0 Å². The number of nitrogens with zero attached hydrogens (tertiary/aromatic N) is 3. The number of nitrogens with one attached hydrogen (secondary N) is 1. The third-order valence-electron chi connectivity index (χ3n) is 5.34. The minimum atomic E-state index is -0.338. The molecule has 1 amide bonds. The summed E-state index contributed by atoms with van der Waals surface area (Å²) in [7, 11) is 3.80. The fourth-order valence-corrected chi connectivity index (χ4v) is 3.62. The van der Waals surface area contributed by atoms with Gasteiger partial charge in [0.15, 0.2) is 0 Å². The molecule has 0 aliphatic carbocycles. The average Bonchev–Trinajstić information content (AvgIpc) is 2.72. The highest BCUT2D eigenvalue weighted by Crippen LogP contribution is 2.21. The summed E-state index contributed by atoms with van der Waals surface area (Å²) in [6.45, 7) is 1.99. The maximum Gasteiger partial charge on any atom is 0.256 e. The van der Waals surface area contributed by atoms with Crippen molar-refractivity contribution in [1.82, 2.24) is 14.5 Å². The fourth-order valence-electron chi connectivity index (χ4n) is 3.62. The molecule has 0 saturated carbocycles. The molecule has 29 heavy (non-hydrogen) atoms. The van der Waals surface area contributed by atoms with Crippen LogP contribution in [0.25, 0.3) is 10.9 Å². The summed E-state index contributed by atoms with van der Waals surface area (Å²) in [5, 5.41) is 3.59. The van der Waals surface area contributed by atoms with Gasteiger partial charge in [0, 0.05) is 49.5 Å². The predicted octanol–water partition coefficient (Wildman–Crippen LogP) is 2.66. The van der Waals surface area contributed by atoms with Gasteiger partial charge in [-0.2, -0.15) is 0 Å². The highest BCUT2D eigenvalue weighted by Gasteiger charge is 2.19. The molecule has 0 spiro atoms. The Hall–Kier alpha value is -3.19. The van der Waals surface area contributed by atoms with E-state index in [0.29, 0.717) is 22.6 Å². The Morgan fingerprint density at radius 1 is 1.14 bits per heavy atom. The van der Waals surface area contributed by atoms with Crippen LogP contribution >= 0.6 is 0 Å². The summed E-state index contributed by atoms with van der Waals surface area (Å²) in [5.74, 6) is 0.154. The first-order chi connectivity index (χ1) is 14.0. The molecule has 7 heteroatoms. The molecule has 150 valence electrons. The maximum atomic E-state index is 12.9. The number of hydrogen-bond donors (Lipinski definition) is 1. The molecule has 1 aliphatic heterocycles. The van der Waals surface area contributed by atoms with Gasteiger partial charge >= 0.3 is 0 Å². The number of anilines is 1. The van der Waals surface area contributed by atoms with E-state index in [1.165, 1.54) is 10.6 Å². The van der Waals surface area contributed by atoms with Crippen molar-refractivity contribution in [3.05, 3.63) is 64.6 Å². The Morgan fingerprint density at radius 3 is 2.69 bits per heavy atom. The van der Waals surface area contributed by atoms with E-state index < -0.39 is 0 Å². The maximum absolute atomic E-state index is 12.9. The standard InChI is InChI=1S/C22H24N4O3/c1-25-11-8-16(9-12-25)29-20-13-15(7-10-23-20)24-22(28)18-14-21(27)26(2)19-6-4-3-5-17(18)19/h3-7,10,13-14,16H,8-9,11-12H2,1-2H3,(H,23,24,28). The van der Waals surface area contributed by atoms with E-state index in [4.69, 9.17) is 4.74 Å². The molecule has 1 aromatic carbocycles. The van der Waals surface area contributed by atoms with E-state index in [1.54, 1.807) is 25.4 Å². The van der Waals surface area contributed by atoms with Crippen molar-refractivity contribution in [2.24, 2.45) is 7.05 Å². The molecule has 7 nitrogen and oxygen atoms in total. The molecule has 2 aromatic heterocycles. The predicted molar refractivity (Wildman–Crippen MR) is 113 cm³/mol. The number of hydrogen-bond acceptors (Lipinski definition) is 5. The second kappa shape index (κ2) is 8.05. The van der Waals surface area contributed by atoms with E-state index >= 15 is 0 Å². The zero-order valence-corrected chi connectivity index (χ0v) is 16.6. The number of likely N-dealkylation sites (tertiary alicyclic amines) is 1. The van der Waals surface area contributed by atoms with Gasteiger partial charge in [0.05, 0.1) is 11.1 Å². The SMILES string of the molecule is CN1CCC(Oc2cc(NC(=O)c3cc(=O)n(C)c4ccccc34)ccn2)CC1. The highest BCUT2D eigenvalue weighted by atomic mass is 16.5. The topological polar surface area (TPSA) is 76.5 Å². The van der Waals surface area contributed by atoms with E-state index in [0.717, 1.165) is 31.3 Å². The number of carbonyl (C=O) groups excluding carboxylic acids is 1. The van der Waals surface area contributed by atoms with Crippen molar-refractivity contribution < 1.29 is 9.53 Å². The molecule has 1 fully saturated rings. The first kappa shape index (κ1) is 19.1. The van der Waals surface area contributed by atoms with Gasteiger partial charge < -0.3 is 19.5 Å². The number of ether oxygens (including phenoxy) is 1. The molecular weight excluding hydrogens is 368 g/mol. The molecule has 1 aliphatic rings. The molecule has 1 N–H and O–H groups in total. The molecule has 0 radical (unpaired) electrons. The third-order valence-corrected chi connectivity index (χ3v) is 5.34. The lowest BCUT2D eigenvalue weighted by molar-refractivity contribution is 0.102. The summed E-state index contributed by atoms with van der Waals surface area (Å²) in [6, 6.07) is 12.2. The molecule has 0 atom stereocenters. The van der Waals surface area contributed by atoms with Crippen molar-refractivity contribution in [2.45, 2.75) is 18.9 Å². The lowest BCUT2D eigenvalue weighted by Gasteiger charge is -2.28. The van der Waals surface area contributed by atoms with Crippen LogP contribution in [0.2, 0.25) is 0 Å². The van der Waals surface area contributed by atoms with Crippen LogP contribution in [0.4, 0.5) is 5.69 Å². The van der Waals surface area contributed by atoms with Crippen LogP contribution in [0.5, 0.6) is 5.88 Å². The van der Waals surface area contributed by atoms with Crippen LogP contribution in [0, 0.1) is 0 Å². The number of amides is 1. The summed E-state index contributed by atoms with van der Waals surface area (Å²) in [6.07, 6.45) is 3.65. The van der Waals surface area contributed by atoms with E-state index in [-0.39, 0.29) is 17.6 Å². The van der Waals surface area contributed by atoms with Crippen LogP contribution in [0.15, 0.2) is 53.5 Å². The zero-order chi connectivity index (χ0) is 20.4. The number of piperidine rings is 1. The summed E-state index contributed by atoms with van der Waals surface area (Å²) in [5.41, 5.74) is 1.41. The van der Waals surface area contributed by atoms with Crippen molar-refractivity contribution in [3.63, 3.8) is 0 Å². The Kier molecular flexibility index (Phi) is 5.31. The second-order valence-corrected chi connectivity index (χ2v) is 7.43. The van der Waals surface area contributed by atoms with Crippen molar-refractivity contribution in [3.8, 4) is 5.88 Å². The smallest absolute Gasteiger partial charge is 0.256 e. The first-order valence-electron chi connectivity index (χ1n) is 9.72. The molecule has 3 heterocycles. The number of benzene rings is 1. The number of fused-ring (bicyclic) bond motifs is 1. The summed E-state index contributed by atoms with van der Waals surface area (Å²) in [4.78, 5) is 31.7. The van der Waals surface area contributed by atoms with Crippen molar-refractivity contribution in [2.75, 3.05) is 25.5 Å². The van der Waals surface area contributed by atoms with Gasteiger partial charge in [0.2, 0.25) is 5.88 Å². The van der Waals surface area contributed by atoms with Crippen molar-refractivity contribution >= 4 is 22.5 Å². The zero-order valence-electron chi connectivity index (χ0n) is 16.6. The Morgan fingerprint density at radius 2 is 1.90 bits per heavy atom. The van der Waals surface area contributed by atoms with E-state index in [1.807, 2.05) is 24.3 Å². The molecule has 0 unspecified atom stereocenters. The van der Waals surface area contributed by atoms with Gasteiger partial charge in [-0.25, -0.2) is 4.98 Å². The minimum absolute atomic E-state index is 0.130. The van der Waals surface area contributed by atoms with Crippen LogP contribution in [-0.4, -0.2) is 46.6 Å². The number of carbonyl (C=O) groups is 1. The van der Waals surface area contributed by atoms with Gasteiger partial charge in [0.25, 0.3) is 11.5 Å². The monoisotopic (exact) mass is 392 g/mol. The van der Waals surface area contributed by atoms with Crippen LogP contribution in [0.3, 0.4) is 0 Å². The van der Waals surface area contributed by atoms with Crippen LogP contribution in [-0.2, 0) is 7.05 Å². The minimum Gasteiger partial charge on any atom is -0.474 e. The number of rotatable bonds is 4. The third kappa shape index (κ3) is 4.14. The summed E-state index contributed by atoms with van der Waals surface area (Å²) < 4.78 is 7.53. The Balaban J connectivity index is 1.54. The Labute approximate surface area is 168 Å². The number of pyridine rings is 2. The lowest BCUT2D eigenvalue weighted by atomic mass is 10.1. The average molecular weight is 392 g/mol. The number of aryl methyl sites for hydroxylation is 1. The molecule has 4 rings (SSSR count). The molecular formula is C22H24N4O3. The second-order valence-electron chi connectivity index (χ2n) is 7.43. The lowest BCUT2D eigenvalue weighted by Crippen LogP contribution is -2.35. The molecule has 1 saturated heterocycles. The number of aromatic nitrogens is 2. The largest absolute Gasteiger partial charge is 0.474 e. The van der Waals surface area contributed by atoms with Gasteiger partial charge in [0.1, 0.15) is 6.10 Å². The highest BCUT2D eigenvalue weighted by molar-refractivity contribution is 6.12. The first-order valence-corrected chi connectivity index (χ1v) is 9.72. The molecule has 3 aromatic rings. The van der Waals surface area contributed by atoms with Gasteiger partial charge in [-0.1, -0.05) is 18.2 Å². The van der Waals surface area contributed by atoms with Gasteiger partial charge in [-0.05, 0) is 32.0 Å². The molecule has 0 bridgehead atoms. The normalized spacial score (nSPS) is 15.4. The Bertz CT molecular complexity index is 1100. The van der Waals surface area contributed by atoms with E-state index in [9.17, 15) is 9.59 Å². The number of para-hydroxylation sites is 1. The van der Waals surface area contributed by atoms with E-state index in [2.05, 4.69) is 22.2 Å². The van der Waals surface area contributed by atoms with Gasteiger partial charge in [-0.15, -0.1) is 0 Å². The van der Waals surface area contributed by atoms with Gasteiger partial charge in [-0.3, -0.25) is 9.59 Å². The quantitative estimate of drug-likeness (QED) is 0.739. The summed E-state index contributed by atoms with van der Waals surface area (Å²) >= 11 is 0. The van der Waals surface area contributed by atoms with Crippen LogP contribution in [0.1, 0.15) is 23.2 Å². The fraction of sp³-hybridized carbons (Fsp3) is 0.318.